The van der Waals surface area contributed by atoms with Gasteiger partial charge in [0.05, 0.1) is 19.8 Å². The Morgan fingerprint density at radius 3 is 2.57 bits per heavy atom. The van der Waals surface area contributed by atoms with Crippen molar-refractivity contribution in [3.8, 4) is 0 Å². The number of hydrogen-bond acceptors (Lipinski definition) is 4. The van der Waals surface area contributed by atoms with Crippen LogP contribution in [0.15, 0.2) is 30.3 Å². The zero-order chi connectivity index (χ0) is 15.3. The fourth-order valence-corrected chi connectivity index (χ4v) is 2.95. The van der Waals surface area contributed by atoms with E-state index in [0.29, 0.717) is 5.92 Å². The van der Waals surface area contributed by atoms with Crippen LogP contribution in [-0.2, 0) is 19.8 Å². The highest BCUT2D eigenvalue weighted by Crippen LogP contribution is 2.28. The Bertz CT molecular complexity index is 462. The van der Waals surface area contributed by atoms with E-state index in [-0.39, 0.29) is 12.7 Å². The van der Waals surface area contributed by atoms with Crippen molar-refractivity contribution in [2.24, 2.45) is 11.7 Å². The van der Waals surface area contributed by atoms with Gasteiger partial charge in [0.2, 0.25) is 0 Å². The van der Waals surface area contributed by atoms with Crippen LogP contribution in [0.25, 0.3) is 0 Å². The molecule has 0 saturated heterocycles. The molecule has 1 aromatic rings. The number of benzene rings is 1. The molecule has 1 fully saturated rings. The van der Waals surface area contributed by atoms with Crippen molar-refractivity contribution in [3.05, 3.63) is 35.9 Å². The summed E-state index contributed by atoms with van der Waals surface area (Å²) in [7, 11) is 1.36. The molecule has 0 amide bonds. The first-order valence-electron chi connectivity index (χ1n) is 7.62. The lowest BCUT2D eigenvalue weighted by Gasteiger charge is -2.33. The maximum Gasteiger partial charge on any atom is 0.332 e. The van der Waals surface area contributed by atoms with Crippen molar-refractivity contribution in [2.75, 3.05) is 13.7 Å². The maximum atomic E-state index is 12.2. The minimum Gasteiger partial charge on any atom is -0.467 e. The van der Waals surface area contributed by atoms with Gasteiger partial charge in [-0.05, 0) is 24.3 Å². The van der Waals surface area contributed by atoms with Gasteiger partial charge in [-0.25, -0.2) is 4.79 Å². The van der Waals surface area contributed by atoms with Crippen LogP contribution in [0.2, 0.25) is 0 Å². The Kier molecular flexibility index (Phi) is 5.37. The molecular weight excluding hydrogens is 266 g/mol. The second-order valence-electron chi connectivity index (χ2n) is 5.94. The van der Waals surface area contributed by atoms with Gasteiger partial charge in [-0.2, -0.15) is 0 Å². The topological polar surface area (TPSA) is 61.5 Å². The van der Waals surface area contributed by atoms with Crippen molar-refractivity contribution in [3.63, 3.8) is 0 Å². The number of carbonyl (C=O) groups excluding carboxylic acids is 1. The summed E-state index contributed by atoms with van der Waals surface area (Å²) in [6, 6.07) is 9.30. The number of carbonyl (C=O) groups is 1. The summed E-state index contributed by atoms with van der Waals surface area (Å²) in [6.45, 7) is 2.35. The molecule has 116 valence electrons. The third kappa shape index (κ3) is 3.63. The highest BCUT2D eigenvalue weighted by molar-refractivity contribution is 5.82. The van der Waals surface area contributed by atoms with Crippen LogP contribution in [-0.4, -0.2) is 25.8 Å². The fourth-order valence-electron chi connectivity index (χ4n) is 2.95. The predicted octanol–water partition coefficient (Wildman–Crippen LogP) is 2.61. The van der Waals surface area contributed by atoms with Gasteiger partial charge in [-0.15, -0.1) is 0 Å². The molecule has 4 heteroatoms. The first-order chi connectivity index (χ1) is 10.1. The molecule has 1 aliphatic carbocycles. The van der Waals surface area contributed by atoms with E-state index in [1.54, 1.807) is 0 Å². The minimum atomic E-state index is -1.24. The van der Waals surface area contributed by atoms with Crippen LogP contribution in [0.4, 0.5) is 0 Å². The molecule has 0 spiro atoms. The van der Waals surface area contributed by atoms with E-state index in [4.69, 9.17) is 15.2 Å². The normalized spacial score (nSPS) is 25.1. The molecule has 1 aliphatic rings. The van der Waals surface area contributed by atoms with E-state index in [9.17, 15) is 4.79 Å². The standard InChI is InChI=1S/C17H25NO3/c1-13-8-6-7-11-15(13)21-12-17(18,16(19)20-2)14-9-4-3-5-10-14/h3-5,9-10,13,15H,6-8,11-12,18H2,1-2H3. The van der Waals surface area contributed by atoms with Crippen LogP contribution >= 0.6 is 0 Å². The largest absolute Gasteiger partial charge is 0.467 e. The molecule has 4 nitrogen and oxygen atoms in total. The Balaban J connectivity index is 2.12. The molecule has 2 rings (SSSR count). The van der Waals surface area contributed by atoms with Crippen molar-refractivity contribution in [1.29, 1.82) is 0 Å². The summed E-state index contributed by atoms with van der Waals surface area (Å²) in [5.74, 6) is 0.0496. The molecule has 0 radical (unpaired) electrons. The van der Waals surface area contributed by atoms with E-state index in [2.05, 4.69) is 6.92 Å². The van der Waals surface area contributed by atoms with Gasteiger partial charge in [-0.1, -0.05) is 50.1 Å². The van der Waals surface area contributed by atoms with Crippen LogP contribution in [0, 0.1) is 5.92 Å². The first-order valence-corrected chi connectivity index (χ1v) is 7.62. The maximum absolute atomic E-state index is 12.2. The van der Waals surface area contributed by atoms with Gasteiger partial charge < -0.3 is 15.2 Å². The minimum absolute atomic E-state index is 0.151. The molecule has 21 heavy (non-hydrogen) atoms. The number of rotatable bonds is 5. The molecule has 2 N–H and O–H groups in total. The number of esters is 1. The lowest BCUT2D eigenvalue weighted by atomic mass is 9.87. The van der Waals surface area contributed by atoms with Gasteiger partial charge in [0, 0.05) is 0 Å². The van der Waals surface area contributed by atoms with E-state index >= 15 is 0 Å². The van der Waals surface area contributed by atoms with E-state index in [1.165, 1.54) is 26.4 Å². The highest BCUT2D eigenvalue weighted by atomic mass is 16.5. The smallest absolute Gasteiger partial charge is 0.332 e. The molecule has 0 heterocycles. The average Bonchev–Trinajstić information content (AvgIpc) is 2.54. The summed E-state index contributed by atoms with van der Waals surface area (Å²) < 4.78 is 10.9. The van der Waals surface area contributed by atoms with Crippen LogP contribution in [0.3, 0.4) is 0 Å². The van der Waals surface area contributed by atoms with Gasteiger partial charge >= 0.3 is 5.97 Å². The lowest BCUT2D eigenvalue weighted by molar-refractivity contribution is -0.152. The Morgan fingerprint density at radius 2 is 1.95 bits per heavy atom. The SMILES string of the molecule is COC(=O)C(N)(COC1CCCCC1C)c1ccccc1. The summed E-state index contributed by atoms with van der Waals surface area (Å²) in [6.07, 6.45) is 4.81. The summed E-state index contributed by atoms with van der Waals surface area (Å²) in [5.41, 5.74) is 5.82. The average molecular weight is 291 g/mol. The first kappa shape index (κ1) is 16.0. The van der Waals surface area contributed by atoms with Crippen LogP contribution < -0.4 is 5.73 Å². The van der Waals surface area contributed by atoms with Gasteiger partial charge in [0.25, 0.3) is 0 Å². The lowest BCUT2D eigenvalue weighted by Crippen LogP contribution is -2.50. The third-order valence-corrected chi connectivity index (χ3v) is 4.40. The number of ether oxygens (including phenoxy) is 2. The number of methoxy groups -OCH3 is 1. The van der Waals surface area contributed by atoms with Crippen molar-refractivity contribution < 1.29 is 14.3 Å². The fraction of sp³-hybridized carbons (Fsp3) is 0.588. The summed E-state index contributed by atoms with van der Waals surface area (Å²) in [5, 5.41) is 0. The zero-order valence-corrected chi connectivity index (χ0v) is 12.9. The van der Waals surface area contributed by atoms with Crippen LogP contribution in [0.5, 0.6) is 0 Å². The number of hydrogen-bond donors (Lipinski definition) is 1. The monoisotopic (exact) mass is 291 g/mol. The molecule has 0 bridgehead atoms. The molecule has 3 unspecified atom stereocenters. The van der Waals surface area contributed by atoms with Gasteiger partial charge in [0.15, 0.2) is 5.54 Å². The predicted molar refractivity (Wildman–Crippen MR) is 81.7 cm³/mol. The second kappa shape index (κ2) is 7.05. The zero-order valence-electron chi connectivity index (χ0n) is 12.9. The Morgan fingerprint density at radius 1 is 1.29 bits per heavy atom. The highest BCUT2D eigenvalue weighted by Gasteiger charge is 2.39. The molecular formula is C17H25NO3. The van der Waals surface area contributed by atoms with Crippen LogP contribution in [0.1, 0.15) is 38.2 Å². The quantitative estimate of drug-likeness (QED) is 0.847. The molecule has 1 aromatic carbocycles. The van der Waals surface area contributed by atoms with Crippen molar-refractivity contribution in [2.45, 2.75) is 44.2 Å². The Labute approximate surface area is 126 Å². The molecule has 0 aromatic heterocycles. The van der Waals surface area contributed by atoms with Crippen molar-refractivity contribution in [1.82, 2.24) is 0 Å². The molecule has 3 atom stereocenters. The number of nitrogens with two attached hydrogens (primary N) is 1. The van der Waals surface area contributed by atoms with Crippen molar-refractivity contribution >= 4 is 5.97 Å². The van der Waals surface area contributed by atoms with E-state index in [0.717, 1.165) is 12.0 Å². The molecule has 1 saturated carbocycles. The second-order valence-corrected chi connectivity index (χ2v) is 5.94. The summed E-state index contributed by atoms with van der Waals surface area (Å²) >= 11 is 0. The van der Waals surface area contributed by atoms with Gasteiger partial charge in [-0.3, -0.25) is 0 Å². The molecule has 0 aliphatic heterocycles. The van der Waals surface area contributed by atoms with E-state index in [1.807, 2.05) is 30.3 Å². The third-order valence-electron chi connectivity index (χ3n) is 4.40. The van der Waals surface area contributed by atoms with E-state index < -0.39 is 11.5 Å². The van der Waals surface area contributed by atoms with Gasteiger partial charge in [0.1, 0.15) is 0 Å². The Hall–Kier alpha value is -1.39. The summed E-state index contributed by atoms with van der Waals surface area (Å²) in [4.78, 5) is 12.2.